The Kier molecular flexibility index (Phi) is 2.87. The fourth-order valence-electron chi connectivity index (χ4n) is 0.916. The Morgan fingerprint density at radius 3 is 2.36 bits per heavy atom. The summed E-state index contributed by atoms with van der Waals surface area (Å²) in [5.74, 6) is -0.665. The van der Waals surface area contributed by atoms with Gasteiger partial charge in [0.25, 0.3) is 0 Å². The van der Waals surface area contributed by atoms with E-state index in [0.717, 1.165) is 6.07 Å². The van der Waals surface area contributed by atoms with Crippen LogP contribution < -0.4 is 5.73 Å². The third-order valence-electron chi connectivity index (χ3n) is 1.53. The molecule has 0 saturated heterocycles. The van der Waals surface area contributed by atoms with Crippen molar-refractivity contribution in [1.29, 1.82) is 0 Å². The smallest absolute Gasteiger partial charge is 0.419 e. The Labute approximate surface area is 90.6 Å². The summed E-state index contributed by atoms with van der Waals surface area (Å²) in [6.07, 6.45) is -4.68. The number of benzene rings is 1. The zero-order chi connectivity index (χ0) is 11.1. The molecule has 0 unspecified atom stereocenters. The molecule has 0 aliphatic carbocycles. The number of rotatable bonds is 0. The molecule has 1 rings (SSSR count). The third kappa shape index (κ3) is 1.90. The van der Waals surface area contributed by atoms with Crippen molar-refractivity contribution in [3.8, 4) is 5.75 Å². The molecular formula is C7H4BrClF3NO. The Balaban J connectivity index is 3.53. The van der Waals surface area contributed by atoms with Crippen LogP contribution >= 0.6 is 27.5 Å². The molecule has 78 valence electrons. The van der Waals surface area contributed by atoms with Crippen LogP contribution in [0.15, 0.2) is 10.5 Å². The highest BCUT2D eigenvalue weighted by molar-refractivity contribution is 9.10. The fraction of sp³-hybridized carbons (Fsp3) is 0.143. The van der Waals surface area contributed by atoms with Crippen molar-refractivity contribution < 1.29 is 18.3 Å². The molecule has 0 spiro atoms. The van der Waals surface area contributed by atoms with Crippen molar-refractivity contribution in [1.82, 2.24) is 0 Å². The van der Waals surface area contributed by atoms with E-state index in [-0.39, 0.29) is 4.47 Å². The van der Waals surface area contributed by atoms with E-state index in [2.05, 4.69) is 15.9 Å². The van der Waals surface area contributed by atoms with Gasteiger partial charge in [-0.05, 0) is 22.0 Å². The molecule has 1 aromatic carbocycles. The second-order valence-corrected chi connectivity index (χ2v) is 3.74. The molecule has 7 heteroatoms. The van der Waals surface area contributed by atoms with Gasteiger partial charge in [-0.1, -0.05) is 11.6 Å². The maximum absolute atomic E-state index is 12.3. The van der Waals surface area contributed by atoms with Gasteiger partial charge in [0.1, 0.15) is 5.56 Å². The van der Waals surface area contributed by atoms with E-state index in [4.69, 9.17) is 22.4 Å². The topological polar surface area (TPSA) is 46.2 Å². The van der Waals surface area contributed by atoms with Gasteiger partial charge >= 0.3 is 6.18 Å². The monoisotopic (exact) mass is 289 g/mol. The van der Waals surface area contributed by atoms with Crippen molar-refractivity contribution in [2.24, 2.45) is 0 Å². The van der Waals surface area contributed by atoms with Gasteiger partial charge in [0, 0.05) is 0 Å². The van der Waals surface area contributed by atoms with Crippen molar-refractivity contribution in [3.05, 3.63) is 21.1 Å². The average Bonchev–Trinajstić information content (AvgIpc) is 1.97. The first-order chi connectivity index (χ1) is 6.25. The molecule has 0 saturated carbocycles. The van der Waals surface area contributed by atoms with Gasteiger partial charge < -0.3 is 10.8 Å². The first-order valence-electron chi connectivity index (χ1n) is 3.28. The van der Waals surface area contributed by atoms with E-state index in [9.17, 15) is 13.2 Å². The molecule has 0 aliphatic rings. The van der Waals surface area contributed by atoms with E-state index >= 15 is 0 Å². The van der Waals surface area contributed by atoms with Crippen LogP contribution in [-0.2, 0) is 6.18 Å². The second-order valence-electron chi connectivity index (χ2n) is 2.48. The quantitative estimate of drug-likeness (QED) is 0.568. The van der Waals surface area contributed by atoms with Crippen LogP contribution in [0.4, 0.5) is 18.9 Å². The van der Waals surface area contributed by atoms with Crippen molar-refractivity contribution in [3.63, 3.8) is 0 Å². The Bertz CT molecular complexity index is 380. The van der Waals surface area contributed by atoms with Gasteiger partial charge in [0.2, 0.25) is 0 Å². The van der Waals surface area contributed by atoms with E-state index in [1.54, 1.807) is 0 Å². The normalized spacial score (nSPS) is 11.8. The number of phenols is 1. The standard InChI is InChI=1S/C7H4BrClF3NO/c8-2-1-3(9)4(7(10,11)12)5(13)6(2)14/h1,14H,13H2. The lowest BCUT2D eigenvalue weighted by Gasteiger charge is -2.13. The van der Waals surface area contributed by atoms with Crippen LogP contribution in [0.3, 0.4) is 0 Å². The highest BCUT2D eigenvalue weighted by Crippen LogP contribution is 2.45. The zero-order valence-corrected chi connectivity index (χ0v) is 8.83. The molecule has 1 aromatic rings. The summed E-state index contributed by atoms with van der Waals surface area (Å²) in [6, 6.07) is 0.941. The van der Waals surface area contributed by atoms with Crippen molar-refractivity contribution in [2.45, 2.75) is 6.18 Å². The minimum Gasteiger partial charge on any atom is -0.505 e. The Morgan fingerprint density at radius 2 is 1.93 bits per heavy atom. The average molecular weight is 290 g/mol. The Hall–Kier alpha value is -0.620. The van der Waals surface area contributed by atoms with Crippen LogP contribution in [0.2, 0.25) is 5.02 Å². The maximum atomic E-state index is 12.3. The number of hydrogen-bond donors (Lipinski definition) is 2. The first kappa shape index (κ1) is 11.5. The van der Waals surface area contributed by atoms with Gasteiger partial charge in [-0.25, -0.2) is 0 Å². The van der Waals surface area contributed by atoms with Gasteiger partial charge in [-0.3, -0.25) is 0 Å². The number of halogens is 5. The molecule has 0 atom stereocenters. The van der Waals surface area contributed by atoms with E-state index in [1.165, 1.54) is 0 Å². The molecule has 0 aromatic heterocycles. The number of anilines is 1. The number of alkyl halides is 3. The largest absolute Gasteiger partial charge is 0.505 e. The maximum Gasteiger partial charge on any atom is 0.419 e. The number of nitrogen functional groups attached to an aromatic ring is 1. The van der Waals surface area contributed by atoms with Crippen LogP contribution in [0, 0.1) is 0 Å². The highest BCUT2D eigenvalue weighted by atomic mass is 79.9. The summed E-state index contributed by atoms with van der Waals surface area (Å²) >= 11 is 8.17. The zero-order valence-electron chi connectivity index (χ0n) is 6.49. The summed E-state index contributed by atoms with van der Waals surface area (Å²) in [7, 11) is 0. The van der Waals surface area contributed by atoms with Gasteiger partial charge in [-0.2, -0.15) is 13.2 Å². The Morgan fingerprint density at radius 1 is 1.43 bits per heavy atom. The van der Waals surface area contributed by atoms with Gasteiger partial charge in [-0.15, -0.1) is 0 Å². The molecule has 0 heterocycles. The number of phenolic OH excluding ortho intramolecular Hbond substituents is 1. The predicted octanol–water partition coefficient (Wildman–Crippen LogP) is 3.41. The molecule has 0 bridgehead atoms. The predicted molar refractivity (Wildman–Crippen MR) is 50.2 cm³/mol. The van der Waals surface area contributed by atoms with E-state index < -0.39 is 28.2 Å². The highest BCUT2D eigenvalue weighted by Gasteiger charge is 2.37. The molecule has 0 amide bonds. The number of nitrogens with two attached hydrogens (primary N) is 1. The molecule has 0 aliphatic heterocycles. The van der Waals surface area contributed by atoms with Gasteiger partial charge in [0.15, 0.2) is 5.75 Å². The second kappa shape index (κ2) is 3.51. The van der Waals surface area contributed by atoms with Crippen LogP contribution in [0.25, 0.3) is 0 Å². The molecule has 2 nitrogen and oxygen atoms in total. The van der Waals surface area contributed by atoms with Crippen LogP contribution in [0.1, 0.15) is 5.56 Å². The summed E-state index contributed by atoms with van der Waals surface area (Å²) in [5.41, 5.74) is 3.08. The SMILES string of the molecule is Nc1c(O)c(Br)cc(Cl)c1C(F)(F)F. The van der Waals surface area contributed by atoms with Crippen molar-refractivity contribution >= 4 is 33.2 Å². The van der Waals surface area contributed by atoms with Crippen molar-refractivity contribution in [2.75, 3.05) is 5.73 Å². The lowest BCUT2D eigenvalue weighted by molar-refractivity contribution is -0.136. The van der Waals surface area contributed by atoms with E-state index in [0.29, 0.717) is 0 Å². The van der Waals surface area contributed by atoms with Crippen LogP contribution in [0.5, 0.6) is 5.75 Å². The lowest BCUT2D eigenvalue weighted by Crippen LogP contribution is -2.10. The molecule has 0 fully saturated rings. The summed E-state index contributed by atoms with van der Waals surface area (Å²) in [4.78, 5) is 0. The van der Waals surface area contributed by atoms with Gasteiger partial charge in [0.05, 0.1) is 15.2 Å². The minimum absolute atomic E-state index is 0.0213. The summed E-state index contributed by atoms with van der Waals surface area (Å²) < 4.78 is 37.0. The first-order valence-corrected chi connectivity index (χ1v) is 4.46. The van der Waals surface area contributed by atoms with E-state index in [1.807, 2.05) is 0 Å². The number of aromatic hydroxyl groups is 1. The summed E-state index contributed by atoms with van der Waals surface area (Å²) in [5, 5.41) is 8.59. The molecule has 14 heavy (non-hydrogen) atoms. The third-order valence-corrected chi connectivity index (χ3v) is 2.43. The summed E-state index contributed by atoms with van der Waals surface area (Å²) in [6.45, 7) is 0. The van der Waals surface area contributed by atoms with Crippen LogP contribution in [-0.4, -0.2) is 5.11 Å². The molecule has 3 N–H and O–H groups in total. The lowest BCUT2D eigenvalue weighted by atomic mass is 10.1. The molecule has 0 radical (unpaired) electrons. The molecular weight excluding hydrogens is 286 g/mol. The minimum atomic E-state index is -4.68. The fourth-order valence-corrected chi connectivity index (χ4v) is 1.81. The number of hydrogen-bond acceptors (Lipinski definition) is 2.